The number of nitrogens with zero attached hydrogens (tertiary/aromatic N) is 1. The third-order valence-electron chi connectivity index (χ3n) is 3.62. The van der Waals surface area contributed by atoms with E-state index in [1.807, 2.05) is 38.1 Å². The highest BCUT2D eigenvalue weighted by Crippen LogP contribution is 2.15. The highest BCUT2D eigenvalue weighted by atomic mass is 16.2. The number of amides is 2. The molecule has 0 aliphatic rings. The minimum Gasteiger partial charge on any atom is -0.398 e. The first-order valence-electron chi connectivity index (χ1n) is 7.62. The Labute approximate surface area is 141 Å². The first kappa shape index (κ1) is 17.5. The first-order chi connectivity index (χ1) is 11.4. The Kier molecular flexibility index (Phi) is 5.55. The third-order valence-corrected chi connectivity index (χ3v) is 3.62. The lowest BCUT2D eigenvalue weighted by Crippen LogP contribution is -2.45. The Morgan fingerprint density at radius 1 is 1.04 bits per heavy atom. The average Bonchev–Trinajstić information content (AvgIpc) is 2.56. The van der Waals surface area contributed by atoms with Crippen LogP contribution in [-0.4, -0.2) is 23.4 Å². The molecule has 0 spiro atoms. The molecule has 0 saturated carbocycles. The molecule has 0 unspecified atom stereocenters. The van der Waals surface area contributed by atoms with Crippen LogP contribution in [0.25, 0.3) is 0 Å². The molecule has 24 heavy (non-hydrogen) atoms. The fraction of sp³-hybridized carbons (Fsp3) is 0.222. The van der Waals surface area contributed by atoms with E-state index in [9.17, 15) is 9.59 Å². The lowest BCUT2D eigenvalue weighted by atomic mass is 10.1. The van der Waals surface area contributed by atoms with Crippen molar-refractivity contribution in [2.75, 3.05) is 12.3 Å². The molecule has 0 aromatic heterocycles. The molecule has 0 heterocycles. The van der Waals surface area contributed by atoms with Crippen molar-refractivity contribution in [1.29, 1.82) is 0 Å². The van der Waals surface area contributed by atoms with E-state index in [4.69, 9.17) is 11.6 Å². The maximum Gasteiger partial charge on any atom is 0.270 e. The molecule has 126 valence electrons. The molecule has 2 aromatic carbocycles. The number of hydrazine groups is 1. The van der Waals surface area contributed by atoms with E-state index in [0.717, 1.165) is 21.7 Å². The van der Waals surface area contributed by atoms with E-state index in [-0.39, 0.29) is 12.5 Å². The molecule has 6 heteroatoms. The first-order valence-corrected chi connectivity index (χ1v) is 7.62. The van der Waals surface area contributed by atoms with Gasteiger partial charge in [0, 0.05) is 12.2 Å². The second kappa shape index (κ2) is 7.61. The van der Waals surface area contributed by atoms with Gasteiger partial charge in [-0.25, -0.2) is 5.84 Å². The molecule has 0 aliphatic heterocycles. The van der Waals surface area contributed by atoms with E-state index < -0.39 is 5.91 Å². The minimum absolute atomic E-state index is 0.238. The van der Waals surface area contributed by atoms with Gasteiger partial charge >= 0.3 is 0 Å². The van der Waals surface area contributed by atoms with Crippen LogP contribution in [0.2, 0.25) is 0 Å². The quantitative estimate of drug-likeness (QED) is 0.335. The lowest BCUT2D eigenvalue weighted by Gasteiger charge is -2.17. The molecule has 2 amide bonds. The van der Waals surface area contributed by atoms with Crippen LogP contribution >= 0.6 is 0 Å². The van der Waals surface area contributed by atoms with Crippen molar-refractivity contribution in [2.24, 2.45) is 5.84 Å². The molecule has 2 aromatic rings. The van der Waals surface area contributed by atoms with Gasteiger partial charge in [-0.2, -0.15) is 0 Å². The van der Waals surface area contributed by atoms with Crippen molar-refractivity contribution in [3.05, 3.63) is 64.7 Å². The number of carbonyl (C=O) groups excluding carboxylic acids is 2. The largest absolute Gasteiger partial charge is 0.398 e. The van der Waals surface area contributed by atoms with Crippen LogP contribution in [0.15, 0.2) is 42.5 Å². The van der Waals surface area contributed by atoms with Crippen molar-refractivity contribution < 1.29 is 9.59 Å². The molecule has 0 aliphatic carbocycles. The molecule has 0 radical (unpaired) electrons. The minimum atomic E-state index is -0.485. The Balaban J connectivity index is 1.92. The fourth-order valence-electron chi connectivity index (χ4n) is 2.20. The van der Waals surface area contributed by atoms with Gasteiger partial charge in [-0.15, -0.1) is 0 Å². The van der Waals surface area contributed by atoms with E-state index >= 15 is 0 Å². The number of nitrogens with two attached hydrogens (primary N) is 2. The second-order valence-electron chi connectivity index (χ2n) is 5.79. The number of aryl methyl sites for hydroxylation is 2. The van der Waals surface area contributed by atoms with E-state index in [1.54, 1.807) is 18.2 Å². The molecule has 0 bridgehead atoms. The zero-order valence-corrected chi connectivity index (χ0v) is 13.9. The van der Waals surface area contributed by atoms with E-state index in [1.165, 1.54) is 0 Å². The highest BCUT2D eigenvalue weighted by Gasteiger charge is 2.18. The van der Waals surface area contributed by atoms with Crippen molar-refractivity contribution in [3.63, 3.8) is 0 Å². The van der Waals surface area contributed by atoms with Crippen molar-refractivity contribution in [2.45, 2.75) is 20.4 Å². The maximum atomic E-state index is 12.3. The van der Waals surface area contributed by atoms with Crippen LogP contribution in [0.5, 0.6) is 0 Å². The Bertz CT molecular complexity index is 741. The summed E-state index contributed by atoms with van der Waals surface area (Å²) in [5.74, 6) is 4.91. The summed E-state index contributed by atoms with van der Waals surface area (Å²) in [5, 5.41) is 3.61. The number of hydrogen-bond donors (Lipinski definition) is 3. The number of nitrogens with one attached hydrogen (secondary N) is 1. The summed E-state index contributed by atoms with van der Waals surface area (Å²) >= 11 is 0. The highest BCUT2D eigenvalue weighted by molar-refractivity contribution is 6.00. The second-order valence-corrected chi connectivity index (χ2v) is 5.79. The van der Waals surface area contributed by atoms with Gasteiger partial charge in [-0.3, -0.25) is 14.6 Å². The van der Waals surface area contributed by atoms with Gasteiger partial charge in [0.15, 0.2) is 0 Å². The zero-order chi connectivity index (χ0) is 17.7. The Morgan fingerprint density at radius 2 is 1.67 bits per heavy atom. The monoisotopic (exact) mass is 326 g/mol. The van der Waals surface area contributed by atoms with Crippen LogP contribution in [0, 0.1) is 13.8 Å². The summed E-state index contributed by atoms with van der Waals surface area (Å²) in [6.07, 6.45) is 0. The third kappa shape index (κ3) is 4.57. The van der Waals surface area contributed by atoms with Crippen molar-refractivity contribution in [3.8, 4) is 0 Å². The standard InChI is InChI=1S/C18H22N4O2/c1-12-3-6-14(7-4-12)10-21-17(23)11-22(20)18(24)15-9-13(2)5-8-16(15)19/h3-9H,10-11,19-20H2,1-2H3,(H,21,23). The summed E-state index contributed by atoms with van der Waals surface area (Å²) in [5.41, 5.74) is 9.46. The maximum absolute atomic E-state index is 12.3. The van der Waals surface area contributed by atoms with Gasteiger partial charge in [0.1, 0.15) is 6.54 Å². The molecule has 5 N–H and O–H groups in total. The number of benzene rings is 2. The summed E-state index contributed by atoms with van der Waals surface area (Å²) in [7, 11) is 0. The lowest BCUT2D eigenvalue weighted by molar-refractivity contribution is -0.122. The molecule has 0 fully saturated rings. The van der Waals surface area contributed by atoms with Gasteiger partial charge in [-0.05, 0) is 31.5 Å². The Morgan fingerprint density at radius 3 is 2.33 bits per heavy atom. The number of nitrogen functional groups attached to an aromatic ring is 1. The molecule has 0 saturated heterocycles. The van der Waals surface area contributed by atoms with E-state index in [0.29, 0.717) is 17.8 Å². The number of hydrogen-bond acceptors (Lipinski definition) is 4. The average molecular weight is 326 g/mol. The zero-order valence-electron chi connectivity index (χ0n) is 13.9. The number of carbonyl (C=O) groups is 2. The summed E-state index contributed by atoms with van der Waals surface area (Å²) < 4.78 is 0. The molecule has 0 atom stereocenters. The van der Waals surface area contributed by atoms with Crippen LogP contribution in [0.4, 0.5) is 5.69 Å². The smallest absolute Gasteiger partial charge is 0.270 e. The van der Waals surface area contributed by atoms with Gasteiger partial charge in [-0.1, -0.05) is 41.5 Å². The molecular formula is C18H22N4O2. The summed E-state index contributed by atoms with van der Waals surface area (Å²) in [6, 6.07) is 12.9. The molecule has 6 nitrogen and oxygen atoms in total. The van der Waals surface area contributed by atoms with Crippen LogP contribution < -0.4 is 16.9 Å². The van der Waals surface area contributed by atoms with Crippen LogP contribution in [-0.2, 0) is 11.3 Å². The number of anilines is 1. The topological polar surface area (TPSA) is 101 Å². The van der Waals surface area contributed by atoms with Gasteiger partial charge in [0.05, 0.1) is 5.56 Å². The normalized spacial score (nSPS) is 10.3. The van der Waals surface area contributed by atoms with Crippen LogP contribution in [0.3, 0.4) is 0 Å². The summed E-state index contributed by atoms with van der Waals surface area (Å²) in [4.78, 5) is 24.3. The van der Waals surface area contributed by atoms with Gasteiger partial charge in [0.2, 0.25) is 5.91 Å². The Hall–Kier alpha value is -2.86. The predicted octanol–water partition coefficient (Wildman–Crippen LogP) is 1.52. The van der Waals surface area contributed by atoms with Crippen molar-refractivity contribution >= 4 is 17.5 Å². The predicted molar refractivity (Wildman–Crippen MR) is 93.8 cm³/mol. The van der Waals surface area contributed by atoms with Gasteiger partial charge < -0.3 is 11.1 Å². The van der Waals surface area contributed by atoms with Crippen molar-refractivity contribution in [1.82, 2.24) is 10.3 Å². The molecule has 2 rings (SSSR count). The fourth-order valence-corrected chi connectivity index (χ4v) is 2.20. The van der Waals surface area contributed by atoms with E-state index in [2.05, 4.69) is 5.32 Å². The SMILES string of the molecule is Cc1ccc(CNC(=O)CN(N)C(=O)c2cc(C)ccc2N)cc1. The number of rotatable bonds is 5. The summed E-state index contributed by atoms with van der Waals surface area (Å²) in [6.45, 7) is 3.99. The molecular weight excluding hydrogens is 304 g/mol. The van der Waals surface area contributed by atoms with Gasteiger partial charge in [0.25, 0.3) is 5.91 Å². The van der Waals surface area contributed by atoms with Crippen LogP contribution in [0.1, 0.15) is 27.0 Å².